The summed E-state index contributed by atoms with van der Waals surface area (Å²) in [5.74, 6) is 0.783. The van der Waals surface area contributed by atoms with Gasteiger partial charge in [-0.2, -0.15) is 0 Å². The van der Waals surface area contributed by atoms with Gasteiger partial charge in [-0.05, 0) is 17.8 Å². The van der Waals surface area contributed by atoms with Gasteiger partial charge < -0.3 is 9.31 Å². The summed E-state index contributed by atoms with van der Waals surface area (Å²) in [6, 6.07) is 0. The Bertz CT molecular complexity index is 200. The molecule has 0 amide bonds. The summed E-state index contributed by atoms with van der Waals surface area (Å²) in [6.45, 7) is 13.7. The third-order valence-electron chi connectivity index (χ3n) is 3.65. The van der Waals surface area contributed by atoms with Crippen molar-refractivity contribution >= 4 is 15.2 Å². The second-order valence-electron chi connectivity index (χ2n) is 6.19. The number of hydrogen-bond acceptors (Lipinski definition) is 2. The van der Waals surface area contributed by atoms with Crippen LogP contribution in [0, 0.1) is 5.92 Å². The van der Waals surface area contributed by atoms with E-state index in [-0.39, 0.29) is 7.12 Å². The smallest absolute Gasteiger partial charge is 0.411 e. The Balaban J connectivity index is 2.62. The Kier molecular flexibility index (Phi) is 5.55. The van der Waals surface area contributed by atoms with Crippen molar-refractivity contribution in [2.45, 2.75) is 58.2 Å². The van der Waals surface area contributed by atoms with E-state index in [2.05, 4.69) is 33.5 Å². The second kappa shape index (κ2) is 6.22. The van der Waals surface area contributed by atoms with Gasteiger partial charge in [0.2, 0.25) is 0 Å². The van der Waals surface area contributed by atoms with E-state index in [1.165, 1.54) is 12.8 Å². The molecule has 2 nitrogen and oxygen atoms in total. The van der Waals surface area contributed by atoms with Crippen LogP contribution in [-0.2, 0) is 9.31 Å². The maximum atomic E-state index is 5.82. The van der Waals surface area contributed by atoms with Gasteiger partial charge in [-0.1, -0.05) is 46.3 Å². The Hall–Kier alpha value is 0.202. The molecule has 0 aromatic heterocycles. The van der Waals surface area contributed by atoms with Gasteiger partial charge in [0.05, 0.1) is 0 Å². The minimum absolute atomic E-state index is 0.0782. The largest absolute Gasteiger partial charge is 0.457 e. The van der Waals surface area contributed by atoms with E-state index in [1.807, 2.05) is 0 Å². The standard InChI is InChI=1S/C12H27BO2Si/c1-6-11(2)10-12(16(3,4)5)13-14-8-7-9-15-13/h11-12H,6-10H2,1-5H3. The highest BCUT2D eigenvalue weighted by atomic mass is 28.3. The first-order valence-corrected chi connectivity index (χ1v) is 10.3. The molecule has 1 heterocycles. The Labute approximate surface area is 102 Å². The van der Waals surface area contributed by atoms with Gasteiger partial charge in [0.25, 0.3) is 0 Å². The van der Waals surface area contributed by atoms with E-state index < -0.39 is 8.07 Å². The predicted octanol–water partition coefficient (Wildman–Crippen LogP) is 3.60. The van der Waals surface area contributed by atoms with E-state index in [4.69, 9.17) is 9.31 Å². The third kappa shape index (κ3) is 4.23. The first-order chi connectivity index (χ1) is 7.45. The van der Waals surface area contributed by atoms with Crippen LogP contribution < -0.4 is 0 Å². The average Bonchev–Trinajstić information content (AvgIpc) is 2.25. The van der Waals surface area contributed by atoms with Crippen LogP contribution in [0.15, 0.2) is 0 Å². The molecule has 94 valence electrons. The highest BCUT2D eigenvalue weighted by Gasteiger charge is 2.41. The third-order valence-corrected chi connectivity index (χ3v) is 6.38. The molecule has 1 saturated heterocycles. The van der Waals surface area contributed by atoms with Crippen molar-refractivity contribution in [3.63, 3.8) is 0 Å². The van der Waals surface area contributed by atoms with Gasteiger partial charge >= 0.3 is 7.12 Å². The van der Waals surface area contributed by atoms with E-state index >= 15 is 0 Å². The Morgan fingerprint density at radius 3 is 2.19 bits per heavy atom. The van der Waals surface area contributed by atoms with Crippen molar-refractivity contribution < 1.29 is 9.31 Å². The number of rotatable bonds is 5. The maximum Gasteiger partial charge on any atom is 0.457 e. The predicted molar refractivity (Wildman–Crippen MR) is 73.4 cm³/mol. The molecule has 16 heavy (non-hydrogen) atoms. The molecule has 1 aliphatic heterocycles. The molecule has 0 spiro atoms. The van der Waals surface area contributed by atoms with Gasteiger partial charge in [0.1, 0.15) is 0 Å². The Morgan fingerprint density at radius 1 is 1.19 bits per heavy atom. The molecule has 4 heteroatoms. The SMILES string of the molecule is CCC(C)CC(B1OCCCO1)[Si](C)(C)C. The van der Waals surface area contributed by atoms with Gasteiger partial charge in [-0.3, -0.25) is 0 Å². The first kappa shape index (κ1) is 14.3. The molecule has 1 aliphatic rings. The van der Waals surface area contributed by atoms with Crippen LogP contribution in [0.4, 0.5) is 0 Å². The van der Waals surface area contributed by atoms with Crippen molar-refractivity contribution in [3.8, 4) is 0 Å². The monoisotopic (exact) mass is 242 g/mol. The minimum Gasteiger partial charge on any atom is -0.411 e. The van der Waals surface area contributed by atoms with Gasteiger partial charge in [-0.15, -0.1) is 0 Å². The summed E-state index contributed by atoms with van der Waals surface area (Å²) >= 11 is 0. The van der Waals surface area contributed by atoms with E-state index in [0.29, 0.717) is 5.44 Å². The fraction of sp³-hybridized carbons (Fsp3) is 1.00. The van der Waals surface area contributed by atoms with Crippen molar-refractivity contribution in [3.05, 3.63) is 0 Å². The molecule has 2 unspecified atom stereocenters. The molecule has 0 bridgehead atoms. The van der Waals surface area contributed by atoms with Gasteiger partial charge in [0.15, 0.2) is 0 Å². The molecular formula is C12H27BO2Si. The normalized spacial score (nSPS) is 21.9. The number of hydrogen-bond donors (Lipinski definition) is 0. The highest BCUT2D eigenvalue weighted by Crippen LogP contribution is 2.34. The zero-order valence-corrected chi connectivity index (χ0v) is 12.6. The topological polar surface area (TPSA) is 18.5 Å². The fourth-order valence-corrected chi connectivity index (χ4v) is 4.33. The lowest BCUT2D eigenvalue weighted by atomic mass is 9.77. The molecule has 0 radical (unpaired) electrons. The lowest BCUT2D eigenvalue weighted by molar-refractivity contribution is 0.129. The van der Waals surface area contributed by atoms with Gasteiger partial charge in [0, 0.05) is 21.3 Å². The molecule has 0 aromatic carbocycles. The van der Waals surface area contributed by atoms with Crippen LogP contribution in [-0.4, -0.2) is 28.4 Å². The molecule has 0 saturated carbocycles. The highest BCUT2D eigenvalue weighted by molar-refractivity contribution is 6.86. The first-order valence-electron chi connectivity index (χ1n) is 6.68. The fourth-order valence-electron chi connectivity index (χ4n) is 2.21. The molecule has 0 aliphatic carbocycles. The molecule has 0 aromatic rings. The Morgan fingerprint density at radius 2 is 1.75 bits per heavy atom. The lowest BCUT2D eigenvalue weighted by Gasteiger charge is -2.36. The summed E-state index contributed by atoms with van der Waals surface area (Å²) in [6.07, 6.45) is 3.57. The second-order valence-corrected chi connectivity index (χ2v) is 11.7. The van der Waals surface area contributed by atoms with Crippen LogP contribution in [0.25, 0.3) is 0 Å². The zero-order valence-electron chi connectivity index (χ0n) is 11.6. The van der Waals surface area contributed by atoms with Crippen LogP contribution in [0.3, 0.4) is 0 Å². The molecular weight excluding hydrogens is 215 g/mol. The van der Waals surface area contributed by atoms with Crippen molar-refractivity contribution in [2.24, 2.45) is 5.92 Å². The van der Waals surface area contributed by atoms with Crippen molar-refractivity contribution in [2.75, 3.05) is 13.2 Å². The van der Waals surface area contributed by atoms with Crippen LogP contribution >= 0.6 is 0 Å². The van der Waals surface area contributed by atoms with Crippen LogP contribution in [0.5, 0.6) is 0 Å². The van der Waals surface area contributed by atoms with Crippen LogP contribution in [0.2, 0.25) is 25.1 Å². The average molecular weight is 242 g/mol. The molecule has 1 rings (SSSR count). The van der Waals surface area contributed by atoms with E-state index in [0.717, 1.165) is 25.6 Å². The minimum atomic E-state index is -1.20. The summed E-state index contributed by atoms with van der Waals surface area (Å²) in [4.78, 5) is 0. The summed E-state index contributed by atoms with van der Waals surface area (Å²) in [7, 11) is -1.12. The quantitative estimate of drug-likeness (QED) is 0.686. The molecule has 0 N–H and O–H groups in total. The van der Waals surface area contributed by atoms with E-state index in [1.54, 1.807) is 0 Å². The maximum absolute atomic E-state index is 5.82. The molecule has 2 atom stereocenters. The van der Waals surface area contributed by atoms with Crippen molar-refractivity contribution in [1.82, 2.24) is 0 Å². The van der Waals surface area contributed by atoms with Crippen LogP contribution in [0.1, 0.15) is 33.1 Å². The molecule has 1 fully saturated rings. The van der Waals surface area contributed by atoms with Crippen molar-refractivity contribution in [1.29, 1.82) is 0 Å². The summed E-state index contributed by atoms with van der Waals surface area (Å²) < 4.78 is 11.6. The zero-order chi connectivity index (χ0) is 12.2. The van der Waals surface area contributed by atoms with Gasteiger partial charge in [-0.25, -0.2) is 0 Å². The lowest BCUT2D eigenvalue weighted by Crippen LogP contribution is -2.45. The summed E-state index contributed by atoms with van der Waals surface area (Å²) in [5.41, 5.74) is 0.641. The summed E-state index contributed by atoms with van der Waals surface area (Å²) in [5, 5.41) is 0. The van der Waals surface area contributed by atoms with E-state index in [9.17, 15) is 0 Å².